The summed E-state index contributed by atoms with van der Waals surface area (Å²) < 4.78 is 32.9. The average molecular weight is 459 g/mol. The molecule has 0 atom stereocenters. The number of aryl methyl sites for hydroxylation is 2. The molecule has 1 amide bonds. The minimum atomic E-state index is -4.02. The molecule has 3 aromatic carbocycles. The van der Waals surface area contributed by atoms with E-state index in [1.807, 2.05) is 26.0 Å². The average Bonchev–Trinajstić information content (AvgIpc) is 2.75. The first-order chi connectivity index (χ1) is 14.7. The number of rotatable bonds is 7. The Labute approximate surface area is 187 Å². The Kier molecular flexibility index (Phi) is 6.87. The van der Waals surface area contributed by atoms with E-state index in [-0.39, 0.29) is 15.6 Å². The summed E-state index contributed by atoms with van der Waals surface area (Å²) in [6.45, 7) is 3.49. The number of sulfonamides is 1. The van der Waals surface area contributed by atoms with Crippen molar-refractivity contribution >= 4 is 38.9 Å². The smallest absolute Gasteiger partial charge is 0.264 e. The van der Waals surface area contributed by atoms with Crippen molar-refractivity contribution in [2.75, 3.05) is 23.3 Å². The van der Waals surface area contributed by atoms with Crippen LogP contribution in [0.3, 0.4) is 0 Å². The fourth-order valence-corrected chi connectivity index (χ4v) is 4.68. The van der Waals surface area contributed by atoms with Crippen LogP contribution in [0.5, 0.6) is 5.75 Å². The van der Waals surface area contributed by atoms with Gasteiger partial charge in [0.1, 0.15) is 12.3 Å². The molecular weight excluding hydrogens is 436 g/mol. The SMILES string of the molecule is COc1ccc(N(CC(=O)Nc2ccc(C)c(C)c2)S(=O)(=O)c2ccccc2)cc1Cl. The molecule has 3 aromatic rings. The van der Waals surface area contributed by atoms with Crippen LogP contribution in [0.15, 0.2) is 71.6 Å². The highest BCUT2D eigenvalue weighted by molar-refractivity contribution is 7.92. The molecule has 0 spiro atoms. The van der Waals surface area contributed by atoms with E-state index in [2.05, 4.69) is 5.32 Å². The van der Waals surface area contributed by atoms with E-state index in [0.29, 0.717) is 11.4 Å². The first-order valence-electron chi connectivity index (χ1n) is 9.51. The minimum absolute atomic E-state index is 0.0703. The molecule has 0 heterocycles. The second-order valence-corrected chi connectivity index (χ2v) is 9.26. The monoisotopic (exact) mass is 458 g/mol. The second-order valence-electron chi connectivity index (χ2n) is 6.99. The molecule has 0 aliphatic rings. The normalized spacial score (nSPS) is 11.1. The van der Waals surface area contributed by atoms with Crippen LogP contribution in [-0.2, 0) is 14.8 Å². The maximum absolute atomic E-state index is 13.4. The Balaban J connectivity index is 1.96. The number of hydrogen-bond donors (Lipinski definition) is 1. The summed E-state index contributed by atoms with van der Waals surface area (Å²) in [7, 11) is -2.55. The molecule has 0 saturated carbocycles. The maximum atomic E-state index is 13.4. The van der Waals surface area contributed by atoms with Crippen molar-refractivity contribution < 1.29 is 17.9 Å². The van der Waals surface area contributed by atoms with E-state index < -0.39 is 22.5 Å². The molecule has 8 heteroatoms. The van der Waals surface area contributed by atoms with Crippen LogP contribution in [0, 0.1) is 13.8 Å². The van der Waals surface area contributed by atoms with Gasteiger partial charge in [0.05, 0.1) is 22.7 Å². The number of methoxy groups -OCH3 is 1. The molecule has 0 bridgehead atoms. The molecule has 0 unspecified atom stereocenters. The Bertz CT molecular complexity index is 1200. The van der Waals surface area contributed by atoms with Crippen molar-refractivity contribution in [2.24, 2.45) is 0 Å². The molecule has 3 rings (SSSR count). The number of amides is 1. The number of ether oxygens (including phenoxy) is 1. The topological polar surface area (TPSA) is 75.7 Å². The van der Waals surface area contributed by atoms with E-state index in [0.717, 1.165) is 15.4 Å². The lowest BCUT2D eigenvalue weighted by atomic mass is 10.1. The van der Waals surface area contributed by atoms with Crippen LogP contribution >= 0.6 is 11.6 Å². The van der Waals surface area contributed by atoms with Crippen molar-refractivity contribution in [2.45, 2.75) is 18.7 Å². The fourth-order valence-electron chi connectivity index (χ4n) is 3.00. The molecule has 0 saturated heterocycles. The lowest BCUT2D eigenvalue weighted by Crippen LogP contribution is -2.38. The summed E-state index contributed by atoms with van der Waals surface area (Å²) in [4.78, 5) is 12.9. The highest BCUT2D eigenvalue weighted by Gasteiger charge is 2.27. The number of carbonyl (C=O) groups excluding carboxylic acids is 1. The van der Waals surface area contributed by atoms with Crippen LogP contribution in [-0.4, -0.2) is 28.0 Å². The third kappa shape index (κ3) is 5.18. The fraction of sp³-hybridized carbons (Fsp3) is 0.174. The standard InChI is InChI=1S/C23H23ClN2O4S/c1-16-9-10-18(13-17(16)2)25-23(27)15-26(19-11-12-22(30-3)21(24)14-19)31(28,29)20-7-5-4-6-8-20/h4-14H,15H2,1-3H3,(H,25,27). The Morgan fingerprint density at radius 1 is 1.00 bits per heavy atom. The number of halogens is 1. The van der Waals surface area contributed by atoms with Gasteiger partial charge >= 0.3 is 0 Å². The van der Waals surface area contributed by atoms with Gasteiger partial charge in [-0.25, -0.2) is 8.42 Å². The van der Waals surface area contributed by atoms with Crippen molar-refractivity contribution in [3.63, 3.8) is 0 Å². The molecule has 0 radical (unpaired) electrons. The van der Waals surface area contributed by atoms with Crippen molar-refractivity contribution in [1.29, 1.82) is 0 Å². The Morgan fingerprint density at radius 3 is 2.32 bits per heavy atom. The Morgan fingerprint density at radius 2 is 1.71 bits per heavy atom. The highest BCUT2D eigenvalue weighted by atomic mass is 35.5. The summed E-state index contributed by atoms with van der Waals surface area (Å²) >= 11 is 6.22. The lowest BCUT2D eigenvalue weighted by Gasteiger charge is -2.24. The number of carbonyl (C=O) groups is 1. The molecule has 1 N–H and O–H groups in total. The molecule has 0 aliphatic heterocycles. The van der Waals surface area contributed by atoms with Crippen molar-refractivity contribution in [1.82, 2.24) is 0 Å². The van der Waals surface area contributed by atoms with Gasteiger partial charge in [-0.05, 0) is 67.4 Å². The Hall–Kier alpha value is -3.03. The number of nitrogens with zero attached hydrogens (tertiary/aromatic N) is 1. The number of benzene rings is 3. The van der Waals surface area contributed by atoms with Gasteiger partial charge < -0.3 is 10.1 Å². The first-order valence-corrected chi connectivity index (χ1v) is 11.3. The maximum Gasteiger partial charge on any atom is 0.264 e. The molecule has 162 valence electrons. The van der Waals surface area contributed by atoms with Gasteiger partial charge in [-0.1, -0.05) is 35.9 Å². The molecular formula is C23H23ClN2O4S. The van der Waals surface area contributed by atoms with Gasteiger partial charge in [0, 0.05) is 5.69 Å². The number of nitrogens with one attached hydrogen (secondary N) is 1. The van der Waals surface area contributed by atoms with Crippen LogP contribution in [0.4, 0.5) is 11.4 Å². The first kappa shape index (κ1) is 22.7. The van der Waals surface area contributed by atoms with Gasteiger partial charge in [-0.15, -0.1) is 0 Å². The van der Waals surface area contributed by atoms with Crippen LogP contribution in [0.1, 0.15) is 11.1 Å². The summed E-state index contributed by atoms with van der Waals surface area (Å²) in [5.41, 5.74) is 2.97. The highest BCUT2D eigenvalue weighted by Crippen LogP contribution is 2.32. The number of anilines is 2. The van der Waals surface area contributed by atoms with E-state index in [1.165, 1.54) is 25.3 Å². The molecule has 6 nitrogen and oxygen atoms in total. The zero-order chi connectivity index (χ0) is 22.6. The quantitative estimate of drug-likeness (QED) is 0.551. The van der Waals surface area contributed by atoms with Crippen LogP contribution in [0.2, 0.25) is 5.02 Å². The minimum Gasteiger partial charge on any atom is -0.495 e. The van der Waals surface area contributed by atoms with Crippen molar-refractivity contribution in [3.05, 3.63) is 82.9 Å². The van der Waals surface area contributed by atoms with E-state index in [1.54, 1.807) is 36.4 Å². The predicted molar refractivity (Wildman–Crippen MR) is 124 cm³/mol. The molecule has 31 heavy (non-hydrogen) atoms. The number of hydrogen-bond acceptors (Lipinski definition) is 4. The van der Waals surface area contributed by atoms with Crippen LogP contribution in [0.25, 0.3) is 0 Å². The summed E-state index contributed by atoms with van der Waals surface area (Å²) in [6.07, 6.45) is 0. The van der Waals surface area contributed by atoms with Gasteiger partial charge in [-0.3, -0.25) is 9.10 Å². The van der Waals surface area contributed by atoms with Gasteiger partial charge in [0.15, 0.2) is 0 Å². The second kappa shape index (κ2) is 9.41. The molecule has 0 aromatic heterocycles. The van der Waals surface area contributed by atoms with Gasteiger partial charge in [-0.2, -0.15) is 0 Å². The largest absolute Gasteiger partial charge is 0.495 e. The van der Waals surface area contributed by atoms with E-state index >= 15 is 0 Å². The van der Waals surface area contributed by atoms with Crippen LogP contribution < -0.4 is 14.4 Å². The van der Waals surface area contributed by atoms with E-state index in [9.17, 15) is 13.2 Å². The zero-order valence-corrected chi connectivity index (χ0v) is 19.0. The van der Waals surface area contributed by atoms with Gasteiger partial charge in [0.25, 0.3) is 10.0 Å². The lowest BCUT2D eigenvalue weighted by molar-refractivity contribution is -0.114. The predicted octanol–water partition coefficient (Wildman–Crippen LogP) is 4.80. The third-order valence-corrected chi connectivity index (χ3v) is 6.92. The molecule has 0 fully saturated rings. The van der Waals surface area contributed by atoms with Gasteiger partial charge in [0.2, 0.25) is 5.91 Å². The summed E-state index contributed by atoms with van der Waals surface area (Å²) in [5, 5.41) is 3.01. The third-order valence-electron chi connectivity index (χ3n) is 4.83. The summed E-state index contributed by atoms with van der Waals surface area (Å²) in [5.74, 6) is -0.0724. The summed E-state index contributed by atoms with van der Waals surface area (Å²) in [6, 6.07) is 18.0. The zero-order valence-electron chi connectivity index (χ0n) is 17.4. The molecule has 0 aliphatic carbocycles. The van der Waals surface area contributed by atoms with E-state index in [4.69, 9.17) is 16.3 Å². The van der Waals surface area contributed by atoms with Crippen molar-refractivity contribution in [3.8, 4) is 5.75 Å².